The molecule has 0 aliphatic heterocycles. The first-order valence-corrected chi connectivity index (χ1v) is 7.03. The van der Waals surface area contributed by atoms with Crippen molar-refractivity contribution in [3.8, 4) is 0 Å². The highest BCUT2D eigenvalue weighted by atomic mass is 32.1. The van der Waals surface area contributed by atoms with Crippen LogP contribution in [0.15, 0.2) is 30.3 Å². The number of nitrogens with one attached hydrogen (secondary N) is 1. The second kappa shape index (κ2) is 5.53. The third-order valence-corrected chi connectivity index (χ3v) is 4.51. The summed E-state index contributed by atoms with van der Waals surface area (Å²) in [6, 6.07) is 9.67. The van der Waals surface area contributed by atoms with Crippen molar-refractivity contribution in [1.29, 1.82) is 0 Å². The van der Waals surface area contributed by atoms with Crippen LogP contribution in [0.4, 0.5) is 10.1 Å². The molecule has 1 aromatic heterocycles. The van der Waals surface area contributed by atoms with Gasteiger partial charge in [0.25, 0.3) is 0 Å². The Morgan fingerprint density at radius 1 is 1.28 bits per heavy atom. The monoisotopic (exact) mass is 263 g/mol. The van der Waals surface area contributed by atoms with Gasteiger partial charge in [-0.2, -0.15) is 0 Å². The molecule has 0 saturated carbocycles. The minimum Gasteiger partial charge on any atom is -0.377 e. The Bertz CT molecular complexity index is 533. The van der Waals surface area contributed by atoms with Gasteiger partial charge in [-0.1, -0.05) is 13.0 Å². The van der Waals surface area contributed by atoms with E-state index in [9.17, 15) is 4.39 Å². The first kappa shape index (κ1) is 13.1. The molecule has 0 bridgehead atoms. The zero-order valence-electron chi connectivity index (χ0n) is 11.0. The van der Waals surface area contributed by atoms with E-state index in [1.165, 1.54) is 15.8 Å². The number of rotatable bonds is 4. The Hall–Kier alpha value is -1.35. The topological polar surface area (TPSA) is 12.0 Å². The Labute approximate surface area is 112 Å². The van der Waals surface area contributed by atoms with Gasteiger partial charge in [0.2, 0.25) is 0 Å². The number of halogens is 1. The van der Waals surface area contributed by atoms with Gasteiger partial charge in [0.15, 0.2) is 0 Å². The van der Waals surface area contributed by atoms with Gasteiger partial charge in [0.05, 0.1) is 6.04 Å². The molecule has 0 saturated heterocycles. The molecule has 1 atom stereocenters. The SMILES string of the molecule is CCc1ccc(C(C)Nc2cccc(F)c2C)s1. The molecular formula is C15H18FNS. The molecule has 1 nitrogen and oxygen atoms in total. The third-order valence-electron chi connectivity index (χ3n) is 3.10. The quantitative estimate of drug-likeness (QED) is 0.824. The third kappa shape index (κ3) is 2.72. The normalized spacial score (nSPS) is 12.4. The van der Waals surface area contributed by atoms with E-state index in [0.717, 1.165) is 12.1 Å². The molecule has 0 radical (unpaired) electrons. The van der Waals surface area contributed by atoms with E-state index in [4.69, 9.17) is 0 Å². The van der Waals surface area contributed by atoms with Gasteiger partial charge in [-0.25, -0.2) is 4.39 Å². The first-order valence-electron chi connectivity index (χ1n) is 6.22. The lowest BCUT2D eigenvalue weighted by Crippen LogP contribution is -2.06. The minimum absolute atomic E-state index is 0.160. The highest BCUT2D eigenvalue weighted by molar-refractivity contribution is 7.12. The number of hydrogen-bond donors (Lipinski definition) is 1. The van der Waals surface area contributed by atoms with Crippen molar-refractivity contribution in [2.75, 3.05) is 5.32 Å². The number of anilines is 1. The molecule has 0 aliphatic rings. The number of aryl methyl sites for hydroxylation is 1. The maximum absolute atomic E-state index is 13.5. The lowest BCUT2D eigenvalue weighted by molar-refractivity contribution is 0.618. The van der Waals surface area contributed by atoms with Crippen LogP contribution in [0.2, 0.25) is 0 Å². The summed E-state index contributed by atoms with van der Waals surface area (Å²) in [6.45, 7) is 6.07. The molecule has 2 aromatic rings. The zero-order valence-corrected chi connectivity index (χ0v) is 11.8. The lowest BCUT2D eigenvalue weighted by atomic mass is 10.1. The van der Waals surface area contributed by atoms with E-state index in [1.54, 1.807) is 13.0 Å². The molecule has 0 spiro atoms. The van der Waals surface area contributed by atoms with Gasteiger partial charge in [0, 0.05) is 21.0 Å². The van der Waals surface area contributed by atoms with Crippen LogP contribution in [0.25, 0.3) is 0 Å². The number of benzene rings is 1. The van der Waals surface area contributed by atoms with Gasteiger partial charge in [-0.3, -0.25) is 0 Å². The van der Waals surface area contributed by atoms with Crippen molar-refractivity contribution >= 4 is 17.0 Å². The molecule has 1 aromatic carbocycles. The summed E-state index contributed by atoms with van der Waals surface area (Å²) in [5.41, 5.74) is 1.55. The van der Waals surface area contributed by atoms with E-state index in [0.29, 0.717) is 5.56 Å². The van der Waals surface area contributed by atoms with Gasteiger partial charge in [0.1, 0.15) is 5.82 Å². The molecule has 0 fully saturated rings. The van der Waals surface area contributed by atoms with Gasteiger partial charge in [-0.05, 0) is 44.5 Å². The van der Waals surface area contributed by atoms with Crippen LogP contribution in [-0.2, 0) is 6.42 Å². The predicted octanol–water partition coefficient (Wildman–Crippen LogP) is 4.93. The van der Waals surface area contributed by atoms with Gasteiger partial charge < -0.3 is 5.32 Å². The molecule has 1 unspecified atom stereocenters. The van der Waals surface area contributed by atoms with Crippen molar-refractivity contribution in [2.45, 2.75) is 33.2 Å². The Kier molecular flexibility index (Phi) is 4.02. The molecule has 96 valence electrons. The van der Waals surface area contributed by atoms with Crippen molar-refractivity contribution in [3.63, 3.8) is 0 Å². The van der Waals surface area contributed by atoms with Gasteiger partial charge >= 0.3 is 0 Å². The average molecular weight is 263 g/mol. The summed E-state index contributed by atoms with van der Waals surface area (Å²) in [4.78, 5) is 2.67. The van der Waals surface area contributed by atoms with Crippen LogP contribution in [0, 0.1) is 12.7 Å². The van der Waals surface area contributed by atoms with Crippen LogP contribution in [-0.4, -0.2) is 0 Å². The molecule has 0 aliphatic carbocycles. The minimum atomic E-state index is -0.160. The summed E-state index contributed by atoms with van der Waals surface area (Å²) in [6.07, 6.45) is 1.07. The van der Waals surface area contributed by atoms with Crippen LogP contribution in [0.5, 0.6) is 0 Å². The largest absolute Gasteiger partial charge is 0.377 e. The van der Waals surface area contributed by atoms with Gasteiger partial charge in [-0.15, -0.1) is 11.3 Å². The summed E-state index contributed by atoms with van der Waals surface area (Å²) in [5, 5.41) is 3.38. The lowest BCUT2D eigenvalue weighted by Gasteiger charge is -2.16. The Morgan fingerprint density at radius 2 is 2.06 bits per heavy atom. The van der Waals surface area contributed by atoms with E-state index >= 15 is 0 Å². The fourth-order valence-corrected chi connectivity index (χ4v) is 2.84. The highest BCUT2D eigenvalue weighted by Crippen LogP contribution is 2.28. The predicted molar refractivity (Wildman–Crippen MR) is 76.9 cm³/mol. The van der Waals surface area contributed by atoms with Crippen molar-refractivity contribution in [2.24, 2.45) is 0 Å². The maximum atomic E-state index is 13.5. The summed E-state index contributed by atoms with van der Waals surface area (Å²) in [5.74, 6) is -0.160. The Balaban J connectivity index is 2.15. The molecule has 2 rings (SSSR count). The van der Waals surface area contributed by atoms with E-state index in [-0.39, 0.29) is 11.9 Å². The number of hydrogen-bond acceptors (Lipinski definition) is 2. The summed E-state index contributed by atoms with van der Waals surface area (Å²) >= 11 is 1.81. The van der Waals surface area contributed by atoms with Crippen LogP contribution in [0.3, 0.4) is 0 Å². The molecule has 1 heterocycles. The molecule has 18 heavy (non-hydrogen) atoms. The molecular weight excluding hydrogens is 245 g/mol. The summed E-state index contributed by atoms with van der Waals surface area (Å²) < 4.78 is 13.5. The van der Waals surface area contributed by atoms with E-state index < -0.39 is 0 Å². The fraction of sp³-hybridized carbons (Fsp3) is 0.333. The molecule has 3 heteroatoms. The van der Waals surface area contributed by atoms with Crippen LogP contribution >= 0.6 is 11.3 Å². The van der Waals surface area contributed by atoms with Crippen molar-refractivity contribution < 1.29 is 4.39 Å². The zero-order chi connectivity index (χ0) is 13.1. The molecule has 0 amide bonds. The highest BCUT2D eigenvalue weighted by Gasteiger charge is 2.10. The van der Waals surface area contributed by atoms with Crippen LogP contribution < -0.4 is 5.32 Å². The molecule has 1 N–H and O–H groups in total. The fourth-order valence-electron chi connectivity index (χ4n) is 1.89. The first-order chi connectivity index (χ1) is 8.61. The smallest absolute Gasteiger partial charge is 0.128 e. The van der Waals surface area contributed by atoms with Crippen molar-refractivity contribution in [1.82, 2.24) is 0 Å². The number of thiophene rings is 1. The summed E-state index contributed by atoms with van der Waals surface area (Å²) in [7, 11) is 0. The average Bonchev–Trinajstić information content (AvgIpc) is 2.83. The second-order valence-electron chi connectivity index (χ2n) is 4.44. The van der Waals surface area contributed by atoms with E-state index in [1.807, 2.05) is 17.4 Å². The standard InChI is InChI=1S/C15H18FNS/c1-4-12-8-9-15(18-12)11(3)17-14-7-5-6-13(16)10(14)2/h5-9,11,17H,4H2,1-3H3. The van der Waals surface area contributed by atoms with Crippen LogP contribution in [0.1, 0.15) is 35.2 Å². The maximum Gasteiger partial charge on any atom is 0.128 e. The van der Waals surface area contributed by atoms with Crippen molar-refractivity contribution in [3.05, 3.63) is 51.5 Å². The van der Waals surface area contributed by atoms with E-state index in [2.05, 4.69) is 31.3 Å². The Morgan fingerprint density at radius 3 is 2.72 bits per heavy atom. The second-order valence-corrected chi connectivity index (χ2v) is 5.64.